The van der Waals surface area contributed by atoms with Crippen molar-refractivity contribution >= 4 is 17.5 Å². The third-order valence-electron chi connectivity index (χ3n) is 7.02. The number of benzene rings is 3. The fraction of sp³-hybridized carbons (Fsp3) is 0.286. The molecule has 0 saturated carbocycles. The van der Waals surface area contributed by atoms with Crippen LogP contribution in [-0.4, -0.2) is 31.8 Å². The third kappa shape index (κ3) is 3.33. The summed E-state index contributed by atoms with van der Waals surface area (Å²) < 4.78 is 17.1. The Hall–Kier alpha value is -4.00. The number of para-hydroxylation sites is 1. The van der Waals surface area contributed by atoms with Crippen molar-refractivity contribution in [2.24, 2.45) is 0 Å². The van der Waals surface area contributed by atoms with Gasteiger partial charge in [-0.25, -0.2) is 0 Å². The molecule has 2 amide bonds. The molecule has 6 rings (SSSR count). The fourth-order valence-electron chi connectivity index (χ4n) is 5.15. The van der Waals surface area contributed by atoms with E-state index in [1.807, 2.05) is 65.6 Å². The Morgan fingerprint density at radius 1 is 0.971 bits per heavy atom. The normalized spacial score (nSPS) is 19.0. The highest BCUT2D eigenvalue weighted by molar-refractivity contribution is 6.11. The van der Waals surface area contributed by atoms with Gasteiger partial charge < -0.3 is 24.4 Å². The SMILES string of the molecule is CCCCNC(=O)c1ccc(CN2C(=O)C3(COc4cc5c(cc43)OCO5)c3ccccc32)cc1. The molecule has 3 aromatic rings. The van der Waals surface area contributed by atoms with Gasteiger partial charge in [0.1, 0.15) is 17.8 Å². The van der Waals surface area contributed by atoms with Crippen molar-refractivity contribution in [1.29, 1.82) is 0 Å². The van der Waals surface area contributed by atoms with Crippen LogP contribution in [0, 0.1) is 0 Å². The largest absolute Gasteiger partial charge is 0.491 e. The van der Waals surface area contributed by atoms with Gasteiger partial charge in [-0.1, -0.05) is 43.7 Å². The average Bonchev–Trinajstić information content (AvgIpc) is 3.56. The molecule has 1 atom stereocenters. The summed E-state index contributed by atoms with van der Waals surface area (Å²) in [5, 5.41) is 2.94. The fourth-order valence-corrected chi connectivity index (χ4v) is 5.15. The van der Waals surface area contributed by atoms with Crippen molar-refractivity contribution in [1.82, 2.24) is 5.32 Å². The Morgan fingerprint density at radius 3 is 2.54 bits per heavy atom. The van der Waals surface area contributed by atoms with Crippen molar-refractivity contribution in [2.75, 3.05) is 24.8 Å². The highest BCUT2D eigenvalue weighted by Gasteiger charge is 2.57. The first-order chi connectivity index (χ1) is 17.1. The molecule has 1 unspecified atom stereocenters. The molecule has 0 aromatic heterocycles. The molecule has 178 valence electrons. The number of carbonyl (C=O) groups excluding carboxylic acids is 2. The average molecular weight is 471 g/mol. The standard InChI is InChI=1S/C28H26N2O5/c1-2-3-12-29-26(31)19-10-8-18(9-11-19)15-30-22-7-5-4-6-20(22)28(27(30)32)16-33-23-14-25-24(13-21(23)28)34-17-35-25/h4-11,13-14H,2-3,12,15-17H2,1H3,(H,29,31). The second-order valence-corrected chi connectivity index (χ2v) is 9.11. The third-order valence-corrected chi connectivity index (χ3v) is 7.02. The molecule has 3 aliphatic rings. The van der Waals surface area contributed by atoms with Gasteiger partial charge in [0.25, 0.3) is 5.91 Å². The van der Waals surface area contributed by atoms with Gasteiger partial charge in [-0.15, -0.1) is 0 Å². The van der Waals surface area contributed by atoms with Gasteiger partial charge in [0, 0.05) is 29.4 Å². The lowest BCUT2D eigenvalue weighted by atomic mass is 9.77. The van der Waals surface area contributed by atoms with Crippen LogP contribution in [0.1, 0.15) is 46.8 Å². The van der Waals surface area contributed by atoms with Crippen molar-refractivity contribution < 1.29 is 23.8 Å². The Bertz CT molecular complexity index is 1320. The number of ether oxygens (including phenoxy) is 3. The molecule has 3 heterocycles. The van der Waals surface area contributed by atoms with E-state index in [0.29, 0.717) is 35.9 Å². The summed E-state index contributed by atoms with van der Waals surface area (Å²) in [5.74, 6) is 1.81. The first kappa shape index (κ1) is 21.5. The Morgan fingerprint density at radius 2 is 1.74 bits per heavy atom. The quantitative estimate of drug-likeness (QED) is 0.547. The minimum absolute atomic E-state index is 0.0299. The predicted octanol–water partition coefficient (Wildman–Crippen LogP) is 4.17. The summed E-state index contributed by atoms with van der Waals surface area (Å²) >= 11 is 0. The lowest BCUT2D eigenvalue weighted by Crippen LogP contribution is -2.42. The molecule has 35 heavy (non-hydrogen) atoms. The second kappa shape index (κ2) is 8.34. The van der Waals surface area contributed by atoms with E-state index in [4.69, 9.17) is 14.2 Å². The molecule has 7 heteroatoms. The lowest BCUT2D eigenvalue weighted by Gasteiger charge is -2.23. The van der Waals surface area contributed by atoms with Crippen LogP contribution in [0.15, 0.2) is 60.7 Å². The number of nitrogens with zero attached hydrogens (tertiary/aromatic N) is 1. The number of hydrogen-bond acceptors (Lipinski definition) is 5. The van der Waals surface area contributed by atoms with E-state index in [1.165, 1.54) is 0 Å². The predicted molar refractivity (Wildman–Crippen MR) is 130 cm³/mol. The molecular formula is C28H26N2O5. The number of hydrogen-bond donors (Lipinski definition) is 1. The number of fused-ring (bicyclic) bond motifs is 5. The van der Waals surface area contributed by atoms with Gasteiger partial charge in [-0.3, -0.25) is 9.59 Å². The van der Waals surface area contributed by atoms with E-state index in [-0.39, 0.29) is 25.2 Å². The van der Waals surface area contributed by atoms with Gasteiger partial charge in [0.2, 0.25) is 12.7 Å². The van der Waals surface area contributed by atoms with Gasteiger partial charge in [-0.2, -0.15) is 0 Å². The van der Waals surface area contributed by atoms with Crippen LogP contribution < -0.4 is 24.4 Å². The molecule has 0 fully saturated rings. The zero-order chi connectivity index (χ0) is 24.0. The highest BCUT2D eigenvalue weighted by atomic mass is 16.7. The van der Waals surface area contributed by atoms with Crippen LogP contribution in [-0.2, 0) is 16.8 Å². The second-order valence-electron chi connectivity index (χ2n) is 9.11. The van der Waals surface area contributed by atoms with Crippen LogP contribution in [0.4, 0.5) is 5.69 Å². The van der Waals surface area contributed by atoms with Crippen molar-refractivity contribution in [3.63, 3.8) is 0 Å². The topological polar surface area (TPSA) is 77.1 Å². The van der Waals surface area contributed by atoms with Gasteiger partial charge in [0.15, 0.2) is 11.5 Å². The molecular weight excluding hydrogens is 444 g/mol. The minimum Gasteiger partial charge on any atom is -0.491 e. The molecule has 0 radical (unpaired) electrons. The zero-order valence-corrected chi connectivity index (χ0v) is 19.5. The van der Waals surface area contributed by atoms with E-state index in [0.717, 1.165) is 35.2 Å². The monoisotopic (exact) mass is 470 g/mol. The Balaban J connectivity index is 1.31. The Labute approximate surface area is 203 Å². The molecule has 1 N–H and O–H groups in total. The number of unbranched alkanes of at least 4 members (excludes halogenated alkanes) is 1. The van der Waals surface area contributed by atoms with Gasteiger partial charge >= 0.3 is 0 Å². The van der Waals surface area contributed by atoms with E-state index >= 15 is 0 Å². The van der Waals surface area contributed by atoms with E-state index in [1.54, 1.807) is 0 Å². The lowest BCUT2D eigenvalue weighted by molar-refractivity contribution is -0.122. The van der Waals surface area contributed by atoms with Crippen LogP contribution >= 0.6 is 0 Å². The van der Waals surface area contributed by atoms with Crippen molar-refractivity contribution in [2.45, 2.75) is 31.7 Å². The molecule has 0 bridgehead atoms. The molecule has 7 nitrogen and oxygen atoms in total. The minimum atomic E-state index is -0.925. The van der Waals surface area contributed by atoms with Gasteiger partial charge in [0.05, 0.1) is 6.54 Å². The van der Waals surface area contributed by atoms with Crippen LogP contribution in [0.3, 0.4) is 0 Å². The smallest absolute Gasteiger partial charge is 0.251 e. The first-order valence-electron chi connectivity index (χ1n) is 12.0. The highest BCUT2D eigenvalue weighted by Crippen LogP contribution is 2.55. The number of nitrogens with one attached hydrogen (secondary N) is 1. The molecule has 1 spiro atoms. The molecule has 3 aliphatic heterocycles. The summed E-state index contributed by atoms with van der Waals surface area (Å²) in [6.45, 7) is 3.55. The van der Waals surface area contributed by atoms with Crippen molar-refractivity contribution in [3.8, 4) is 17.2 Å². The van der Waals surface area contributed by atoms with E-state index in [9.17, 15) is 9.59 Å². The van der Waals surface area contributed by atoms with Crippen LogP contribution in [0.25, 0.3) is 0 Å². The number of rotatable bonds is 6. The summed E-state index contributed by atoms with van der Waals surface area (Å²) in [6, 6.07) is 19.0. The summed E-state index contributed by atoms with van der Waals surface area (Å²) in [6.07, 6.45) is 1.99. The van der Waals surface area contributed by atoms with E-state index in [2.05, 4.69) is 12.2 Å². The summed E-state index contributed by atoms with van der Waals surface area (Å²) in [5.41, 5.74) is 3.23. The molecule has 0 aliphatic carbocycles. The zero-order valence-electron chi connectivity index (χ0n) is 19.5. The maximum atomic E-state index is 14.1. The molecule has 0 saturated heterocycles. The maximum Gasteiger partial charge on any atom is 0.251 e. The summed E-state index contributed by atoms with van der Waals surface area (Å²) in [7, 11) is 0. The number of anilines is 1. The van der Waals surface area contributed by atoms with Crippen LogP contribution in [0.2, 0.25) is 0 Å². The number of amides is 2. The summed E-state index contributed by atoms with van der Waals surface area (Å²) in [4.78, 5) is 28.2. The van der Waals surface area contributed by atoms with E-state index < -0.39 is 5.41 Å². The molecule has 3 aromatic carbocycles. The number of carbonyl (C=O) groups is 2. The van der Waals surface area contributed by atoms with Crippen molar-refractivity contribution in [3.05, 3.63) is 82.9 Å². The Kier molecular flexibility index (Phi) is 5.13. The first-order valence-corrected chi connectivity index (χ1v) is 12.0. The van der Waals surface area contributed by atoms with Gasteiger partial charge in [-0.05, 0) is 41.8 Å². The maximum absolute atomic E-state index is 14.1. The van der Waals surface area contributed by atoms with Crippen LogP contribution in [0.5, 0.6) is 17.2 Å².